The first kappa shape index (κ1) is 11.3. The van der Waals surface area contributed by atoms with E-state index < -0.39 is 10.8 Å². The van der Waals surface area contributed by atoms with Crippen molar-refractivity contribution < 1.29 is 4.21 Å². The second kappa shape index (κ2) is 4.76. The van der Waals surface area contributed by atoms with Gasteiger partial charge in [-0.3, -0.25) is 4.21 Å². The van der Waals surface area contributed by atoms with E-state index in [1.807, 2.05) is 19.2 Å². The summed E-state index contributed by atoms with van der Waals surface area (Å²) in [5.74, 6) is 0.785. The van der Waals surface area contributed by atoms with E-state index in [9.17, 15) is 4.21 Å². The molecule has 0 aliphatic carbocycles. The van der Waals surface area contributed by atoms with Crippen LogP contribution in [-0.2, 0) is 10.8 Å². The summed E-state index contributed by atoms with van der Waals surface area (Å²) in [5.41, 5.74) is 1.18. The van der Waals surface area contributed by atoms with Crippen LogP contribution < -0.4 is 5.32 Å². The molecule has 0 aromatic heterocycles. The van der Waals surface area contributed by atoms with Crippen molar-refractivity contribution in [3.8, 4) is 0 Å². The molecule has 2 unspecified atom stereocenters. The smallest absolute Gasteiger partial charge is 0.0532 e. The highest BCUT2D eigenvalue weighted by Gasteiger charge is 2.21. The number of hydrogen-bond acceptors (Lipinski definition) is 2. The van der Waals surface area contributed by atoms with Gasteiger partial charge < -0.3 is 5.32 Å². The molecule has 1 aromatic carbocycles. The molecule has 1 heterocycles. The van der Waals surface area contributed by atoms with Crippen LogP contribution in [0, 0.1) is 0 Å². The highest BCUT2D eigenvalue weighted by molar-refractivity contribution is 9.10. The van der Waals surface area contributed by atoms with Crippen LogP contribution in [0.3, 0.4) is 0 Å². The molecular weight excluding hydrogens is 274 g/mol. The van der Waals surface area contributed by atoms with Crippen LogP contribution in [0.1, 0.15) is 24.4 Å². The van der Waals surface area contributed by atoms with Crippen molar-refractivity contribution in [3.63, 3.8) is 0 Å². The molecule has 0 bridgehead atoms. The van der Waals surface area contributed by atoms with Crippen LogP contribution in [-0.4, -0.2) is 17.0 Å². The number of rotatable bonds is 1. The average molecular weight is 288 g/mol. The van der Waals surface area contributed by atoms with E-state index in [2.05, 4.69) is 27.3 Å². The molecule has 0 saturated carbocycles. The van der Waals surface area contributed by atoms with Gasteiger partial charge in [-0.1, -0.05) is 15.9 Å². The summed E-state index contributed by atoms with van der Waals surface area (Å²) in [5, 5.41) is 3.29. The zero-order chi connectivity index (χ0) is 10.8. The maximum absolute atomic E-state index is 11.9. The zero-order valence-corrected chi connectivity index (χ0v) is 11.0. The molecule has 2 atom stereocenters. The Morgan fingerprint density at radius 3 is 3.07 bits per heavy atom. The molecule has 1 aliphatic heterocycles. The van der Waals surface area contributed by atoms with E-state index in [0.29, 0.717) is 6.04 Å². The summed E-state index contributed by atoms with van der Waals surface area (Å²) in [4.78, 5) is 0.995. The van der Waals surface area contributed by atoms with E-state index in [-0.39, 0.29) is 0 Å². The zero-order valence-electron chi connectivity index (χ0n) is 8.63. The second-order valence-electron chi connectivity index (χ2n) is 3.72. The molecule has 1 aromatic rings. The molecule has 0 fully saturated rings. The van der Waals surface area contributed by atoms with Crippen molar-refractivity contribution in [2.24, 2.45) is 0 Å². The number of halogens is 1. The summed E-state index contributed by atoms with van der Waals surface area (Å²) in [7, 11) is 1.14. The molecule has 1 aliphatic rings. The van der Waals surface area contributed by atoms with Crippen molar-refractivity contribution in [2.45, 2.75) is 23.8 Å². The lowest BCUT2D eigenvalue weighted by atomic mass is 10.0. The second-order valence-corrected chi connectivity index (χ2v) is 6.17. The predicted octanol–water partition coefficient (Wildman–Crippen LogP) is 2.61. The minimum atomic E-state index is -0.824. The summed E-state index contributed by atoms with van der Waals surface area (Å²) in [6.07, 6.45) is 2.08. The molecule has 2 rings (SSSR count). The third-order valence-electron chi connectivity index (χ3n) is 2.76. The Kier molecular flexibility index (Phi) is 3.59. The molecule has 0 spiro atoms. The van der Waals surface area contributed by atoms with Crippen LogP contribution in [0.5, 0.6) is 0 Å². The first-order valence-electron chi connectivity index (χ1n) is 5.07. The van der Waals surface area contributed by atoms with E-state index in [0.717, 1.165) is 28.0 Å². The molecule has 2 nitrogen and oxygen atoms in total. The minimum Gasteiger partial charge on any atom is -0.313 e. The largest absolute Gasteiger partial charge is 0.313 e. The fourth-order valence-corrected chi connectivity index (χ4v) is 3.69. The van der Waals surface area contributed by atoms with Crippen molar-refractivity contribution in [1.82, 2.24) is 5.32 Å². The van der Waals surface area contributed by atoms with Crippen molar-refractivity contribution in [3.05, 3.63) is 28.2 Å². The molecule has 0 saturated heterocycles. The lowest BCUT2D eigenvalue weighted by molar-refractivity contribution is 0.541. The van der Waals surface area contributed by atoms with Gasteiger partial charge in [0.1, 0.15) is 0 Å². The Labute approximate surface area is 101 Å². The van der Waals surface area contributed by atoms with Gasteiger partial charge in [0.05, 0.1) is 10.8 Å². The van der Waals surface area contributed by atoms with E-state index in [4.69, 9.17) is 0 Å². The van der Waals surface area contributed by atoms with E-state index in [1.165, 1.54) is 5.56 Å². The normalized spacial score (nSPS) is 25.7. The number of nitrogens with one attached hydrogen (secondary N) is 1. The van der Waals surface area contributed by atoms with Crippen molar-refractivity contribution >= 4 is 26.7 Å². The SMILES string of the molecule is CNC1CCCS(=O)c2ccc(Br)cc21. The molecule has 0 amide bonds. The Bertz CT molecular complexity index is 394. The molecule has 1 N–H and O–H groups in total. The van der Waals surface area contributed by atoms with Gasteiger partial charge in [-0.15, -0.1) is 0 Å². The number of benzene rings is 1. The average Bonchev–Trinajstić information content (AvgIpc) is 2.38. The van der Waals surface area contributed by atoms with Crippen LogP contribution in [0.25, 0.3) is 0 Å². The van der Waals surface area contributed by atoms with Gasteiger partial charge in [-0.05, 0) is 43.7 Å². The quantitative estimate of drug-likeness (QED) is 0.860. The van der Waals surface area contributed by atoms with E-state index >= 15 is 0 Å². The van der Waals surface area contributed by atoms with Gasteiger partial charge in [0.25, 0.3) is 0 Å². The summed E-state index contributed by atoms with van der Waals surface area (Å²) in [6.45, 7) is 0. The number of fused-ring (bicyclic) bond motifs is 1. The van der Waals surface area contributed by atoms with Crippen LogP contribution in [0.2, 0.25) is 0 Å². The third kappa shape index (κ3) is 2.32. The van der Waals surface area contributed by atoms with Gasteiger partial charge in [0.2, 0.25) is 0 Å². The van der Waals surface area contributed by atoms with Gasteiger partial charge in [0, 0.05) is 21.2 Å². The standard InChI is InChI=1S/C11H14BrNOS/c1-13-10-3-2-6-15(14)11-5-4-8(12)7-9(10)11/h4-5,7,10,13H,2-3,6H2,1H3. The summed E-state index contributed by atoms with van der Waals surface area (Å²) >= 11 is 3.47. The van der Waals surface area contributed by atoms with Gasteiger partial charge >= 0.3 is 0 Å². The Hall–Kier alpha value is -0.190. The molecule has 82 valence electrons. The topological polar surface area (TPSA) is 29.1 Å². The lowest BCUT2D eigenvalue weighted by Gasteiger charge is -2.16. The highest BCUT2D eigenvalue weighted by atomic mass is 79.9. The summed E-state index contributed by atoms with van der Waals surface area (Å²) < 4.78 is 13.0. The Morgan fingerprint density at radius 1 is 1.53 bits per heavy atom. The molecular formula is C11H14BrNOS. The van der Waals surface area contributed by atoms with Crippen molar-refractivity contribution in [1.29, 1.82) is 0 Å². The fourth-order valence-electron chi connectivity index (χ4n) is 1.98. The first-order chi connectivity index (χ1) is 7.22. The highest BCUT2D eigenvalue weighted by Crippen LogP contribution is 2.31. The van der Waals surface area contributed by atoms with Crippen LogP contribution in [0.15, 0.2) is 27.6 Å². The maximum Gasteiger partial charge on any atom is 0.0532 e. The lowest BCUT2D eigenvalue weighted by Crippen LogP contribution is -2.16. The van der Waals surface area contributed by atoms with Crippen molar-refractivity contribution in [2.75, 3.05) is 12.8 Å². The van der Waals surface area contributed by atoms with Gasteiger partial charge in [-0.2, -0.15) is 0 Å². The third-order valence-corrected chi connectivity index (χ3v) is 4.78. The van der Waals surface area contributed by atoms with Gasteiger partial charge in [-0.25, -0.2) is 0 Å². The number of hydrogen-bond donors (Lipinski definition) is 1. The maximum atomic E-state index is 11.9. The Balaban J connectivity index is 2.51. The van der Waals surface area contributed by atoms with Crippen LogP contribution in [0.4, 0.5) is 0 Å². The predicted molar refractivity (Wildman–Crippen MR) is 66.5 cm³/mol. The Morgan fingerprint density at radius 2 is 2.33 bits per heavy atom. The first-order valence-corrected chi connectivity index (χ1v) is 7.18. The van der Waals surface area contributed by atoms with Gasteiger partial charge in [0.15, 0.2) is 0 Å². The summed E-state index contributed by atoms with van der Waals surface area (Å²) in [6, 6.07) is 6.36. The fraction of sp³-hybridized carbons (Fsp3) is 0.455. The molecule has 15 heavy (non-hydrogen) atoms. The van der Waals surface area contributed by atoms with Crippen LogP contribution >= 0.6 is 15.9 Å². The monoisotopic (exact) mass is 287 g/mol. The minimum absolute atomic E-state index is 0.337. The van der Waals surface area contributed by atoms with E-state index in [1.54, 1.807) is 0 Å². The molecule has 4 heteroatoms. The molecule has 0 radical (unpaired) electrons.